The average molecular weight is 350 g/mol. The fraction of sp³-hybridized carbons (Fsp3) is 0.455. The van der Waals surface area contributed by atoms with Crippen LogP contribution in [-0.4, -0.2) is 16.5 Å². The summed E-state index contributed by atoms with van der Waals surface area (Å²) in [5.74, 6) is -0.543. The zero-order valence-corrected chi connectivity index (χ0v) is 12.3. The molecule has 0 bridgehead atoms. The van der Waals surface area contributed by atoms with E-state index >= 15 is 0 Å². The number of carbonyl (C=O) groups excluding carboxylic acids is 1. The largest absolute Gasteiger partial charge is 0.325 e. The number of halogens is 1. The van der Waals surface area contributed by atoms with Crippen molar-refractivity contribution in [1.82, 2.24) is 10.5 Å². The summed E-state index contributed by atoms with van der Waals surface area (Å²) in [7, 11) is 0. The summed E-state index contributed by atoms with van der Waals surface area (Å²) in [6, 6.07) is 1.54. The molecule has 1 aromatic heterocycles. The number of pyridine rings is 1. The van der Waals surface area contributed by atoms with Gasteiger partial charge in [-0.1, -0.05) is 0 Å². The molecular formula is C11H15IN2O3. The lowest BCUT2D eigenvalue weighted by atomic mass is 10.2. The molecule has 0 aliphatic carbocycles. The molecule has 94 valence electrons. The Labute approximate surface area is 113 Å². The fourth-order valence-electron chi connectivity index (χ4n) is 1.02. The standard InChI is InChI=1S/C11H15IN2O3/c1-6-8(12)5-7(9(15)13-6)10(16)14-17-11(2,3)4/h5H,1-4H3,(H,13,15)(H,14,16). The summed E-state index contributed by atoms with van der Waals surface area (Å²) in [4.78, 5) is 31.0. The lowest BCUT2D eigenvalue weighted by Gasteiger charge is -2.18. The summed E-state index contributed by atoms with van der Waals surface area (Å²) in [5.41, 5.74) is 2.13. The minimum Gasteiger partial charge on any atom is -0.325 e. The Hall–Kier alpha value is -0.890. The maximum Gasteiger partial charge on any atom is 0.280 e. The van der Waals surface area contributed by atoms with E-state index in [1.807, 2.05) is 0 Å². The van der Waals surface area contributed by atoms with Gasteiger partial charge in [0.1, 0.15) is 5.56 Å². The number of hydrogen-bond donors (Lipinski definition) is 2. The van der Waals surface area contributed by atoms with Gasteiger partial charge in [-0.05, 0) is 56.4 Å². The number of nitrogens with one attached hydrogen (secondary N) is 2. The zero-order chi connectivity index (χ0) is 13.2. The SMILES string of the molecule is Cc1[nH]c(=O)c(C(=O)NOC(C)(C)C)cc1I. The van der Waals surface area contributed by atoms with Crippen molar-refractivity contribution in [3.8, 4) is 0 Å². The van der Waals surface area contributed by atoms with E-state index in [-0.39, 0.29) is 5.56 Å². The van der Waals surface area contributed by atoms with Gasteiger partial charge in [0.15, 0.2) is 0 Å². The van der Waals surface area contributed by atoms with Crippen molar-refractivity contribution in [3.63, 3.8) is 0 Å². The molecule has 0 saturated heterocycles. The number of aryl methyl sites for hydroxylation is 1. The van der Waals surface area contributed by atoms with E-state index in [0.717, 1.165) is 9.26 Å². The van der Waals surface area contributed by atoms with Gasteiger partial charge in [0.05, 0.1) is 5.60 Å². The van der Waals surface area contributed by atoms with Crippen LogP contribution >= 0.6 is 22.6 Å². The first-order valence-corrected chi connectivity index (χ1v) is 6.16. The molecule has 0 saturated carbocycles. The van der Waals surface area contributed by atoms with Crippen molar-refractivity contribution in [3.05, 3.63) is 31.2 Å². The predicted octanol–water partition coefficient (Wildman–Crippen LogP) is 1.75. The molecule has 0 aliphatic rings. The van der Waals surface area contributed by atoms with Crippen molar-refractivity contribution >= 4 is 28.5 Å². The third kappa shape index (κ3) is 4.12. The van der Waals surface area contributed by atoms with Crippen LogP contribution in [0.25, 0.3) is 0 Å². The van der Waals surface area contributed by atoms with Crippen molar-refractivity contribution in [2.24, 2.45) is 0 Å². The molecule has 1 heterocycles. The number of hydroxylamine groups is 1. The summed E-state index contributed by atoms with van der Waals surface area (Å²) < 4.78 is 0.822. The second-order valence-electron chi connectivity index (χ2n) is 4.63. The van der Waals surface area contributed by atoms with Gasteiger partial charge in [0.25, 0.3) is 11.5 Å². The lowest BCUT2D eigenvalue weighted by molar-refractivity contribution is -0.0590. The summed E-state index contributed by atoms with van der Waals surface area (Å²) in [5, 5.41) is 0. The highest BCUT2D eigenvalue weighted by Crippen LogP contribution is 2.09. The van der Waals surface area contributed by atoms with E-state index in [1.165, 1.54) is 6.07 Å². The number of carbonyl (C=O) groups is 1. The highest BCUT2D eigenvalue weighted by atomic mass is 127. The topological polar surface area (TPSA) is 71.2 Å². The Bertz CT molecular complexity index is 488. The van der Waals surface area contributed by atoms with Crippen LogP contribution in [0, 0.1) is 10.5 Å². The molecule has 0 atom stereocenters. The van der Waals surface area contributed by atoms with Crippen LogP contribution < -0.4 is 11.0 Å². The second-order valence-corrected chi connectivity index (χ2v) is 5.79. The lowest BCUT2D eigenvalue weighted by Crippen LogP contribution is -2.36. The van der Waals surface area contributed by atoms with Crippen LogP contribution in [0.4, 0.5) is 0 Å². The number of rotatable bonds is 2. The molecule has 2 N–H and O–H groups in total. The average Bonchev–Trinajstić information content (AvgIpc) is 2.19. The third-order valence-corrected chi connectivity index (χ3v) is 2.99. The first-order valence-electron chi connectivity index (χ1n) is 5.08. The van der Waals surface area contributed by atoms with E-state index in [2.05, 4.69) is 33.1 Å². The van der Waals surface area contributed by atoms with E-state index in [1.54, 1.807) is 27.7 Å². The first-order chi connectivity index (χ1) is 7.70. The molecule has 0 aliphatic heterocycles. The fourth-order valence-corrected chi connectivity index (χ4v) is 1.47. The Kier molecular flexibility index (Phi) is 4.31. The number of H-pyrrole nitrogens is 1. The van der Waals surface area contributed by atoms with Gasteiger partial charge < -0.3 is 4.98 Å². The second kappa shape index (κ2) is 5.18. The first kappa shape index (κ1) is 14.2. The van der Waals surface area contributed by atoms with Crippen molar-refractivity contribution in [2.45, 2.75) is 33.3 Å². The van der Waals surface area contributed by atoms with Gasteiger partial charge in [0, 0.05) is 9.26 Å². The normalized spacial score (nSPS) is 11.4. The monoisotopic (exact) mass is 350 g/mol. The Morgan fingerprint density at radius 1 is 1.47 bits per heavy atom. The third-order valence-electron chi connectivity index (χ3n) is 1.87. The molecule has 1 amide bonds. The van der Waals surface area contributed by atoms with E-state index in [0.29, 0.717) is 0 Å². The molecular weight excluding hydrogens is 335 g/mol. The van der Waals surface area contributed by atoms with Crippen molar-refractivity contribution in [1.29, 1.82) is 0 Å². The Morgan fingerprint density at radius 3 is 2.59 bits per heavy atom. The van der Waals surface area contributed by atoms with Crippen LogP contribution in [0.5, 0.6) is 0 Å². The quantitative estimate of drug-likeness (QED) is 0.631. The Balaban J connectivity index is 2.90. The number of hydrogen-bond acceptors (Lipinski definition) is 3. The molecule has 6 heteroatoms. The van der Waals surface area contributed by atoms with Gasteiger partial charge in [0.2, 0.25) is 0 Å². The van der Waals surface area contributed by atoms with Gasteiger partial charge in [-0.2, -0.15) is 0 Å². The molecule has 0 fully saturated rings. The van der Waals surface area contributed by atoms with Crippen molar-refractivity contribution < 1.29 is 9.63 Å². The molecule has 17 heavy (non-hydrogen) atoms. The van der Waals surface area contributed by atoms with Crippen LogP contribution in [0.1, 0.15) is 36.8 Å². The zero-order valence-electron chi connectivity index (χ0n) is 10.2. The van der Waals surface area contributed by atoms with Crippen molar-refractivity contribution in [2.75, 3.05) is 0 Å². The van der Waals surface area contributed by atoms with E-state index in [4.69, 9.17) is 4.84 Å². The number of aromatic nitrogens is 1. The molecule has 0 unspecified atom stereocenters. The number of aromatic amines is 1. The minimum atomic E-state index is -0.543. The van der Waals surface area contributed by atoms with Crippen LogP contribution in [0.2, 0.25) is 0 Å². The van der Waals surface area contributed by atoms with E-state index in [9.17, 15) is 9.59 Å². The molecule has 0 aromatic carbocycles. The van der Waals surface area contributed by atoms with Crippen LogP contribution in [0.3, 0.4) is 0 Å². The predicted molar refractivity (Wildman–Crippen MR) is 72.8 cm³/mol. The molecule has 1 rings (SSSR count). The molecule has 0 spiro atoms. The number of amides is 1. The van der Waals surface area contributed by atoms with Gasteiger partial charge >= 0.3 is 0 Å². The maximum absolute atomic E-state index is 11.7. The molecule has 1 aromatic rings. The van der Waals surface area contributed by atoms with Crippen LogP contribution in [-0.2, 0) is 4.84 Å². The summed E-state index contributed by atoms with van der Waals surface area (Å²) >= 11 is 2.05. The minimum absolute atomic E-state index is 0.0456. The van der Waals surface area contributed by atoms with E-state index < -0.39 is 17.1 Å². The van der Waals surface area contributed by atoms with Gasteiger partial charge in [-0.25, -0.2) is 5.48 Å². The van der Waals surface area contributed by atoms with Gasteiger partial charge in [-0.15, -0.1) is 0 Å². The maximum atomic E-state index is 11.7. The van der Waals surface area contributed by atoms with Gasteiger partial charge in [-0.3, -0.25) is 14.4 Å². The summed E-state index contributed by atoms with van der Waals surface area (Å²) in [6.45, 7) is 7.18. The Morgan fingerprint density at radius 2 is 2.06 bits per heavy atom. The molecule has 5 nitrogen and oxygen atoms in total. The summed E-state index contributed by atoms with van der Waals surface area (Å²) in [6.07, 6.45) is 0. The van der Waals surface area contributed by atoms with Crippen LogP contribution in [0.15, 0.2) is 10.9 Å². The smallest absolute Gasteiger partial charge is 0.280 e. The molecule has 0 radical (unpaired) electrons. The highest BCUT2D eigenvalue weighted by Gasteiger charge is 2.16. The highest BCUT2D eigenvalue weighted by molar-refractivity contribution is 14.1.